The number of para-hydroxylation sites is 1. The van der Waals surface area contributed by atoms with Crippen molar-refractivity contribution in [2.75, 3.05) is 14.2 Å². The zero-order chi connectivity index (χ0) is 17.0. The molecule has 8 heteroatoms. The fourth-order valence-electron chi connectivity index (χ4n) is 2.06. The molecule has 2 N–H and O–H groups in total. The number of halogens is 1. The van der Waals surface area contributed by atoms with Crippen LogP contribution in [0.25, 0.3) is 0 Å². The predicted octanol–water partition coefficient (Wildman–Crippen LogP) is 1.88. The second kappa shape index (κ2) is 7.19. The number of nitrogens with zero attached hydrogens (tertiary/aromatic N) is 1. The molecule has 0 saturated carbocycles. The number of methoxy groups -OCH3 is 2. The number of carbonyl (C=O) groups excluding carboxylic acids is 2. The van der Waals surface area contributed by atoms with Gasteiger partial charge >= 0.3 is 0 Å². The van der Waals surface area contributed by atoms with Gasteiger partial charge in [0.05, 0.1) is 19.8 Å². The van der Waals surface area contributed by atoms with E-state index in [-0.39, 0.29) is 5.56 Å². The van der Waals surface area contributed by atoms with Gasteiger partial charge in [0.1, 0.15) is 5.69 Å². The largest absolute Gasteiger partial charge is 0.493 e. The first kappa shape index (κ1) is 16.9. The van der Waals surface area contributed by atoms with Crippen molar-refractivity contribution in [1.82, 2.24) is 15.4 Å². The second-order valence-corrected chi connectivity index (χ2v) is 5.52. The summed E-state index contributed by atoms with van der Waals surface area (Å²) in [6.45, 7) is 0. The van der Waals surface area contributed by atoms with Crippen LogP contribution in [-0.2, 0) is 7.05 Å². The van der Waals surface area contributed by atoms with Crippen LogP contribution in [0.2, 0.25) is 0 Å². The highest BCUT2D eigenvalue weighted by molar-refractivity contribution is 9.10. The van der Waals surface area contributed by atoms with E-state index < -0.39 is 11.8 Å². The third-order valence-corrected chi connectivity index (χ3v) is 3.58. The van der Waals surface area contributed by atoms with Crippen LogP contribution >= 0.6 is 15.9 Å². The van der Waals surface area contributed by atoms with Crippen LogP contribution in [0.5, 0.6) is 11.5 Å². The van der Waals surface area contributed by atoms with Crippen molar-refractivity contribution in [3.05, 3.63) is 46.2 Å². The molecule has 0 radical (unpaired) electrons. The van der Waals surface area contributed by atoms with Gasteiger partial charge in [-0.05, 0) is 34.1 Å². The Hall–Kier alpha value is -2.48. The summed E-state index contributed by atoms with van der Waals surface area (Å²) in [5.74, 6) is -0.225. The second-order valence-electron chi connectivity index (χ2n) is 4.60. The number of hydrogen-bond donors (Lipinski definition) is 2. The lowest BCUT2D eigenvalue weighted by Gasteiger charge is -2.13. The molecule has 0 aliphatic heterocycles. The number of hydrogen-bond acceptors (Lipinski definition) is 4. The van der Waals surface area contributed by atoms with Gasteiger partial charge in [-0.3, -0.25) is 20.4 Å². The van der Waals surface area contributed by atoms with E-state index in [1.165, 1.54) is 14.2 Å². The molecule has 122 valence electrons. The SMILES string of the molecule is COc1cccc(C(=O)NNC(=O)c2cc(Br)cn2C)c1OC. The molecule has 1 heterocycles. The van der Waals surface area contributed by atoms with Gasteiger partial charge in [0, 0.05) is 17.7 Å². The molecule has 0 atom stereocenters. The standard InChI is InChI=1S/C15H16BrN3O4/c1-19-8-9(16)7-11(19)15(21)18-17-14(20)10-5-4-6-12(22-2)13(10)23-3/h4-8H,1-3H3,(H,17,20)(H,18,21). The molecule has 0 aliphatic rings. The maximum absolute atomic E-state index is 12.2. The number of rotatable bonds is 4. The van der Waals surface area contributed by atoms with E-state index in [0.717, 1.165) is 4.47 Å². The van der Waals surface area contributed by atoms with Crippen molar-refractivity contribution >= 4 is 27.7 Å². The Morgan fingerprint density at radius 3 is 2.39 bits per heavy atom. The van der Waals surface area contributed by atoms with E-state index in [0.29, 0.717) is 17.2 Å². The summed E-state index contributed by atoms with van der Waals surface area (Å²) in [4.78, 5) is 24.3. The Balaban J connectivity index is 2.11. The average molecular weight is 382 g/mol. The summed E-state index contributed by atoms with van der Waals surface area (Å²) >= 11 is 3.28. The van der Waals surface area contributed by atoms with Gasteiger partial charge < -0.3 is 14.0 Å². The van der Waals surface area contributed by atoms with Crippen LogP contribution in [0.1, 0.15) is 20.8 Å². The highest BCUT2D eigenvalue weighted by atomic mass is 79.9. The number of nitrogens with one attached hydrogen (secondary N) is 2. The fourth-order valence-corrected chi connectivity index (χ4v) is 2.58. The minimum absolute atomic E-state index is 0.250. The van der Waals surface area contributed by atoms with E-state index in [4.69, 9.17) is 9.47 Å². The molecular formula is C15H16BrN3O4. The molecular weight excluding hydrogens is 366 g/mol. The van der Waals surface area contributed by atoms with Gasteiger partial charge in [0.2, 0.25) is 0 Å². The minimum Gasteiger partial charge on any atom is -0.493 e. The lowest BCUT2D eigenvalue weighted by atomic mass is 10.2. The van der Waals surface area contributed by atoms with Crippen molar-refractivity contribution in [3.63, 3.8) is 0 Å². The molecule has 23 heavy (non-hydrogen) atoms. The number of aromatic nitrogens is 1. The normalized spacial score (nSPS) is 10.1. The Kier molecular flexibility index (Phi) is 5.28. The van der Waals surface area contributed by atoms with Gasteiger partial charge in [-0.1, -0.05) is 6.07 Å². The summed E-state index contributed by atoms with van der Waals surface area (Å²) in [6.07, 6.45) is 1.74. The van der Waals surface area contributed by atoms with Crippen LogP contribution in [0.3, 0.4) is 0 Å². The molecule has 0 fully saturated rings. The van der Waals surface area contributed by atoms with Crippen molar-refractivity contribution in [2.24, 2.45) is 7.05 Å². The summed E-state index contributed by atoms with van der Waals surface area (Å²) in [5, 5.41) is 0. The highest BCUT2D eigenvalue weighted by Crippen LogP contribution is 2.30. The minimum atomic E-state index is -0.512. The Morgan fingerprint density at radius 2 is 1.83 bits per heavy atom. The quantitative estimate of drug-likeness (QED) is 0.792. The van der Waals surface area contributed by atoms with Gasteiger partial charge in [-0.15, -0.1) is 0 Å². The zero-order valence-electron chi connectivity index (χ0n) is 12.8. The van der Waals surface area contributed by atoms with E-state index in [2.05, 4.69) is 26.8 Å². The van der Waals surface area contributed by atoms with Crippen LogP contribution in [0.4, 0.5) is 0 Å². The van der Waals surface area contributed by atoms with E-state index in [9.17, 15) is 9.59 Å². The summed E-state index contributed by atoms with van der Waals surface area (Å²) in [5.41, 5.74) is 5.37. The monoisotopic (exact) mass is 381 g/mol. The van der Waals surface area contributed by atoms with Gasteiger partial charge in [0.15, 0.2) is 11.5 Å². The average Bonchev–Trinajstić information content (AvgIpc) is 2.89. The summed E-state index contributed by atoms with van der Waals surface area (Å²) in [7, 11) is 4.65. The molecule has 2 aromatic rings. The zero-order valence-corrected chi connectivity index (χ0v) is 14.4. The molecule has 1 aromatic carbocycles. The molecule has 0 spiro atoms. The maximum Gasteiger partial charge on any atom is 0.286 e. The molecule has 7 nitrogen and oxygen atoms in total. The summed E-state index contributed by atoms with van der Waals surface area (Å²) in [6, 6.07) is 6.55. The Labute approximate surface area is 141 Å². The lowest BCUT2D eigenvalue weighted by molar-refractivity contribution is 0.0840. The summed E-state index contributed by atoms with van der Waals surface area (Å²) < 4.78 is 12.7. The number of benzene rings is 1. The first-order valence-corrected chi connectivity index (χ1v) is 7.40. The molecule has 0 bridgehead atoms. The third-order valence-electron chi connectivity index (χ3n) is 3.14. The number of aryl methyl sites for hydroxylation is 1. The number of hydrazine groups is 1. The molecule has 0 aliphatic carbocycles. The van der Waals surface area contributed by atoms with E-state index in [1.54, 1.807) is 42.1 Å². The van der Waals surface area contributed by atoms with E-state index in [1.807, 2.05) is 0 Å². The third kappa shape index (κ3) is 3.65. The van der Waals surface area contributed by atoms with Crippen LogP contribution in [-0.4, -0.2) is 30.6 Å². The molecule has 2 amide bonds. The van der Waals surface area contributed by atoms with Gasteiger partial charge in [-0.2, -0.15) is 0 Å². The lowest BCUT2D eigenvalue weighted by Crippen LogP contribution is -2.42. The fraction of sp³-hybridized carbons (Fsp3) is 0.200. The number of amides is 2. The van der Waals surface area contributed by atoms with Crippen molar-refractivity contribution < 1.29 is 19.1 Å². The van der Waals surface area contributed by atoms with Crippen molar-refractivity contribution in [1.29, 1.82) is 0 Å². The van der Waals surface area contributed by atoms with Crippen molar-refractivity contribution in [3.8, 4) is 11.5 Å². The first-order chi connectivity index (χ1) is 11.0. The van der Waals surface area contributed by atoms with Gasteiger partial charge in [0.25, 0.3) is 11.8 Å². The van der Waals surface area contributed by atoms with Gasteiger partial charge in [-0.25, -0.2) is 0 Å². The van der Waals surface area contributed by atoms with Crippen LogP contribution < -0.4 is 20.3 Å². The predicted molar refractivity (Wildman–Crippen MR) is 87.6 cm³/mol. The van der Waals surface area contributed by atoms with Crippen LogP contribution in [0.15, 0.2) is 34.9 Å². The Morgan fingerprint density at radius 1 is 1.13 bits per heavy atom. The number of ether oxygens (including phenoxy) is 2. The van der Waals surface area contributed by atoms with Crippen molar-refractivity contribution in [2.45, 2.75) is 0 Å². The molecule has 0 unspecified atom stereocenters. The van der Waals surface area contributed by atoms with E-state index >= 15 is 0 Å². The molecule has 1 aromatic heterocycles. The number of carbonyl (C=O) groups is 2. The smallest absolute Gasteiger partial charge is 0.286 e. The molecule has 0 saturated heterocycles. The topological polar surface area (TPSA) is 81.6 Å². The maximum atomic E-state index is 12.2. The van der Waals surface area contributed by atoms with Crippen LogP contribution in [0, 0.1) is 0 Å². The Bertz CT molecular complexity index is 742. The highest BCUT2D eigenvalue weighted by Gasteiger charge is 2.18. The first-order valence-electron chi connectivity index (χ1n) is 6.61. The molecule has 2 rings (SSSR count).